The van der Waals surface area contributed by atoms with Crippen LogP contribution in [0.15, 0.2) is 60.9 Å². The predicted octanol–water partition coefficient (Wildman–Crippen LogP) is 4.34. The van der Waals surface area contributed by atoms with E-state index in [4.69, 9.17) is 0 Å². The Hall–Kier alpha value is -2.32. The van der Waals surface area contributed by atoms with E-state index in [1.807, 2.05) is 0 Å². The van der Waals surface area contributed by atoms with Crippen molar-refractivity contribution in [3.63, 3.8) is 0 Å². The molecule has 1 aliphatic carbocycles. The summed E-state index contributed by atoms with van der Waals surface area (Å²) in [5, 5.41) is 0. The number of H-pyrrole nitrogens is 1. The summed E-state index contributed by atoms with van der Waals surface area (Å²) in [6.45, 7) is 2.19. The molecule has 1 aromatic heterocycles. The van der Waals surface area contributed by atoms with Crippen LogP contribution in [0.3, 0.4) is 0 Å². The number of hydrogen-bond acceptors (Lipinski definition) is 1. The van der Waals surface area contributed by atoms with E-state index < -0.39 is 0 Å². The lowest BCUT2D eigenvalue weighted by Crippen LogP contribution is -2.37. The lowest BCUT2D eigenvalue weighted by atomic mass is 9.78. The van der Waals surface area contributed by atoms with E-state index in [1.54, 1.807) is 11.1 Å². The third-order valence-corrected chi connectivity index (χ3v) is 5.40. The highest BCUT2D eigenvalue weighted by Crippen LogP contribution is 2.45. The average molecular weight is 300 g/mol. The normalized spacial score (nSPS) is 19.2. The van der Waals surface area contributed by atoms with Gasteiger partial charge in [-0.15, -0.1) is 0 Å². The largest absolute Gasteiger partial charge is 0.367 e. The zero-order valence-electron chi connectivity index (χ0n) is 13.1. The van der Waals surface area contributed by atoms with Gasteiger partial charge in [-0.2, -0.15) is 0 Å². The molecule has 2 aliphatic rings. The Morgan fingerprint density at radius 3 is 2.74 bits per heavy atom. The SMILES string of the molecule is c1ccc(CN2CCc3cccc4c3C2Cc2c[nH]cc2-4)cc1. The molecule has 2 heterocycles. The first-order valence-corrected chi connectivity index (χ1v) is 8.46. The molecule has 0 bridgehead atoms. The number of aromatic nitrogens is 1. The fourth-order valence-corrected chi connectivity index (χ4v) is 4.32. The van der Waals surface area contributed by atoms with Gasteiger partial charge in [-0.05, 0) is 40.7 Å². The summed E-state index contributed by atoms with van der Waals surface area (Å²) in [6, 6.07) is 18.2. The molecule has 2 heteroatoms. The maximum absolute atomic E-state index is 3.31. The van der Waals surface area contributed by atoms with Crippen LogP contribution in [0.25, 0.3) is 11.1 Å². The molecule has 23 heavy (non-hydrogen) atoms. The van der Waals surface area contributed by atoms with E-state index in [9.17, 15) is 0 Å². The summed E-state index contributed by atoms with van der Waals surface area (Å²) < 4.78 is 0. The second-order valence-electron chi connectivity index (χ2n) is 6.70. The second-order valence-corrected chi connectivity index (χ2v) is 6.70. The van der Waals surface area contributed by atoms with E-state index in [-0.39, 0.29) is 0 Å². The smallest absolute Gasteiger partial charge is 0.0401 e. The molecule has 114 valence electrons. The predicted molar refractivity (Wildman–Crippen MR) is 93.2 cm³/mol. The number of nitrogens with zero attached hydrogens (tertiary/aromatic N) is 1. The van der Waals surface area contributed by atoms with Gasteiger partial charge in [-0.3, -0.25) is 4.90 Å². The van der Waals surface area contributed by atoms with Crippen molar-refractivity contribution in [2.75, 3.05) is 6.54 Å². The van der Waals surface area contributed by atoms with Crippen LogP contribution in [-0.4, -0.2) is 16.4 Å². The molecule has 0 spiro atoms. The monoisotopic (exact) mass is 300 g/mol. The van der Waals surface area contributed by atoms with Gasteiger partial charge in [-0.1, -0.05) is 48.5 Å². The highest BCUT2D eigenvalue weighted by molar-refractivity contribution is 5.75. The van der Waals surface area contributed by atoms with Gasteiger partial charge in [0.15, 0.2) is 0 Å². The quantitative estimate of drug-likeness (QED) is 0.746. The van der Waals surface area contributed by atoms with E-state index in [2.05, 4.69) is 70.8 Å². The minimum Gasteiger partial charge on any atom is -0.367 e. The molecule has 0 saturated carbocycles. The lowest BCUT2D eigenvalue weighted by Gasteiger charge is -2.41. The lowest BCUT2D eigenvalue weighted by molar-refractivity contribution is 0.174. The molecule has 0 fully saturated rings. The van der Waals surface area contributed by atoms with Crippen LogP contribution in [0.1, 0.15) is 28.3 Å². The van der Waals surface area contributed by atoms with Crippen molar-refractivity contribution in [2.24, 2.45) is 0 Å². The first-order chi connectivity index (χ1) is 11.4. The minimum atomic E-state index is 0.512. The van der Waals surface area contributed by atoms with Crippen LogP contribution >= 0.6 is 0 Å². The fourth-order valence-electron chi connectivity index (χ4n) is 4.32. The molecule has 1 N–H and O–H groups in total. The van der Waals surface area contributed by atoms with Gasteiger partial charge in [0, 0.05) is 37.1 Å². The maximum Gasteiger partial charge on any atom is 0.0401 e. The second kappa shape index (κ2) is 5.10. The fraction of sp³-hybridized carbons (Fsp3) is 0.238. The van der Waals surface area contributed by atoms with Gasteiger partial charge in [0.1, 0.15) is 0 Å². The molecule has 0 saturated heterocycles. The first-order valence-electron chi connectivity index (χ1n) is 8.46. The number of nitrogens with one attached hydrogen (secondary N) is 1. The third kappa shape index (κ3) is 2.06. The van der Waals surface area contributed by atoms with Gasteiger partial charge in [0.25, 0.3) is 0 Å². The Bertz CT molecular complexity index is 847. The zero-order valence-corrected chi connectivity index (χ0v) is 13.1. The van der Waals surface area contributed by atoms with Crippen molar-refractivity contribution in [1.29, 1.82) is 0 Å². The van der Waals surface area contributed by atoms with Crippen molar-refractivity contribution in [3.8, 4) is 11.1 Å². The van der Waals surface area contributed by atoms with Gasteiger partial charge in [0.05, 0.1) is 0 Å². The van der Waals surface area contributed by atoms with Crippen LogP contribution in [0.4, 0.5) is 0 Å². The maximum atomic E-state index is 3.31. The van der Waals surface area contributed by atoms with Crippen molar-refractivity contribution < 1.29 is 0 Å². The topological polar surface area (TPSA) is 19.0 Å². The van der Waals surface area contributed by atoms with Crippen LogP contribution in [0.5, 0.6) is 0 Å². The summed E-state index contributed by atoms with van der Waals surface area (Å²) in [7, 11) is 0. The van der Waals surface area contributed by atoms with Gasteiger partial charge >= 0.3 is 0 Å². The van der Waals surface area contributed by atoms with Gasteiger partial charge < -0.3 is 4.98 Å². The summed E-state index contributed by atoms with van der Waals surface area (Å²) in [4.78, 5) is 5.98. The van der Waals surface area contributed by atoms with Gasteiger partial charge in [-0.25, -0.2) is 0 Å². The number of rotatable bonds is 2. The van der Waals surface area contributed by atoms with E-state index in [0.29, 0.717) is 6.04 Å². The summed E-state index contributed by atoms with van der Waals surface area (Å²) >= 11 is 0. The molecule has 1 aliphatic heterocycles. The van der Waals surface area contributed by atoms with Crippen molar-refractivity contribution in [1.82, 2.24) is 9.88 Å². The first kappa shape index (κ1) is 13.1. The Morgan fingerprint density at radius 1 is 0.913 bits per heavy atom. The highest BCUT2D eigenvalue weighted by atomic mass is 15.2. The average Bonchev–Trinajstić information content (AvgIpc) is 3.07. The molecule has 1 atom stereocenters. The Labute approximate surface area is 136 Å². The summed E-state index contributed by atoms with van der Waals surface area (Å²) in [5.41, 5.74) is 8.82. The molecule has 5 rings (SSSR count). The Kier molecular flexibility index (Phi) is 2.92. The number of hydrogen-bond donors (Lipinski definition) is 1. The molecule has 3 aromatic rings. The van der Waals surface area contributed by atoms with Crippen LogP contribution in [-0.2, 0) is 19.4 Å². The molecule has 2 aromatic carbocycles. The summed E-state index contributed by atoms with van der Waals surface area (Å²) in [5.74, 6) is 0. The standard InChI is InChI=1S/C21H20N2/c1-2-5-15(6-3-1)14-23-10-9-16-7-4-8-18-19-13-22-12-17(19)11-20(23)21(16)18/h1-8,12-13,20,22H,9-11,14H2. The molecule has 2 nitrogen and oxygen atoms in total. The van der Waals surface area contributed by atoms with Crippen molar-refractivity contribution >= 4 is 0 Å². The highest BCUT2D eigenvalue weighted by Gasteiger charge is 2.34. The van der Waals surface area contributed by atoms with Crippen molar-refractivity contribution in [3.05, 3.63) is 83.2 Å². The molecule has 0 amide bonds. The molecular formula is C21H20N2. The minimum absolute atomic E-state index is 0.512. The van der Waals surface area contributed by atoms with Gasteiger partial charge in [0.2, 0.25) is 0 Å². The summed E-state index contributed by atoms with van der Waals surface area (Å²) in [6.07, 6.45) is 6.62. The Balaban J connectivity index is 1.58. The van der Waals surface area contributed by atoms with E-state index in [0.717, 1.165) is 25.9 Å². The van der Waals surface area contributed by atoms with Crippen molar-refractivity contribution in [2.45, 2.75) is 25.4 Å². The Morgan fingerprint density at radius 2 is 1.83 bits per heavy atom. The van der Waals surface area contributed by atoms with E-state index >= 15 is 0 Å². The zero-order chi connectivity index (χ0) is 15.2. The third-order valence-electron chi connectivity index (χ3n) is 5.40. The van der Waals surface area contributed by atoms with E-state index in [1.165, 1.54) is 22.3 Å². The molecule has 0 radical (unpaired) electrons. The molecule has 1 unspecified atom stereocenters. The number of fused-ring (bicyclic) bond motifs is 2. The van der Waals surface area contributed by atoms with Crippen LogP contribution < -0.4 is 0 Å². The van der Waals surface area contributed by atoms with Crippen LogP contribution in [0.2, 0.25) is 0 Å². The van der Waals surface area contributed by atoms with Crippen LogP contribution in [0, 0.1) is 0 Å². The molecular weight excluding hydrogens is 280 g/mol. The number of aromatic amines is 1. The number of benzene rings is 2.